The van der Waals surface area contributed by atoms with Gasteiger partial charge in [0.1, 0.15) is 0 Å². The van der Waals surface area contributed by atoms with Crippen molar-refractivity contribution in [3.8, 4) is 0 Å². The molecule has 0 rings (SSSR count). The monoisotopic (exact) mass is 270 g/mol. The molecule has 0 aliphatic carbocycles. The molecule has 0 aliphatic rings. The van der Waals surface area contributed by atoms with E-state index in [4.69, 9.17) is 0 Å². The average Bonchev–Trinajstić information content (AvgIpc) is 2.02. The molecule has 13 heavy (non-hydrogen) atoms. The Morgan fingerprint density at radius 2 is 1.77 bits per heavy atom. The molecule has 0 aromatic heterocycles. The van der Waals surface area contributed by atoms with E-state index >= 15 is 0 Å². The van der Waals surface area contributed by atoms with Gasteiger partial charge in [-0.1, -0.05) is 37.4 Å². The summed E-state index contributed by atoms with van der Waals surface area (Å²) in [5.74, 6) is 0. The van der Waals surface area contributed by atoms with E-state index in [1.807, 2.05) is 13.8 Å². The van der Waals surface area contributed by atoms with Crippen molar-refractivity contribution in [2.45, 2.75) is 43.9 Å². The third-order valence-corrected chi connectivity index (χ3v) is 4.71. The van der Waals surface area contributed by atoms with E-state index in [9.17, 15) is 14.4 Å². The molecule has 0 atom stereocenters. The summed E-state index contributed by atoms with van der Waals surface area (Å²) in [6, 6.07) is 0. The van der Waals surface area contributed by atoms with Crippen molar-refractivity contribution >= 4 is 23.5 Å². The fraction of sp³-hybridized carbons (Fsp3) is 1.00. The Kier molecular flexibility index (Phi) is 5.76. The van der Waals surface area contributed by atoms with Crippen LogP contribution in [0.3, 0.4) is 0 Å². The first-order valence-electron chi connectivity index (χ1n) is 4.53. The van der Waals surface area contributed by atoms with Crippen molar-refractivity contribution in [1.29, 1.82) is 0 Å². The minimum atomic E-state index is -4.29. The van der Waals surface area contributed by atoms with Crippen LogP contribution in [0.15, 0.2) is 0 Å². The topological polar surface area (TPSA) is 63.2 Å². The van der Waals surface area contributed by atoms with Crippen molar-refractivity contribution in [2.24, 2.45) is 0 Å². The van der Waals surface area contributed by atoms with E-state index in [2.05, 4.69) is 15.9 Å². The summed E-state index contributed by atoms with van der Waals surface area (Å²) in [6.45, 7) is 4.10. The van der Waals surface area contributed by atoms with Crippen molar-refractivity contribution in [3.63, 3.8) is 0 Å². The molecule has 0 N–H and O–H groups in total. The third kappa shape index (κ3) is 6.67. The van der Waals surface area contributed by atoms with Crippen LogP contribution >= 0.6 is 23.5 Å². The van der Waals surface area contributed by atoms with E-state index < -0.39 is 7.60 Å². The van der Waals surface area contributed by atoms with Crippen molar-refractivity contribution in [2.75, 3.05) is 6.16 Å². The molecule has 0 saturated heterocycles. The molecule has 0 aliphatic heterocycles. The molecule has 0 bridgehead atoms. The van der Waals surface area contributed by atoms with Gasteiger partial charge in [0.05, 0.1) is 0 Å². The van der Waals surface area contributed by atoms with E-state index in [-0.39, 0.29) is 10.5 Å². The molecule has 80 valence electrons. The molecular formula is C8H16BrO3P-2. The van der Waals surface area contributed by atoms with Gasteiger partial charge >= 0.3 is 0 Å². The molecule has 0 heterocycles. The summed E-state index contributed by atoms with van der Waals surface area (Å²) in [7, 11) is -4.29. The number of hydrogen-bond donors (Lipinski definition) is 0. The molecule has 0 aromatic rings. The first-order valence-corrected chi connectivity index (χ1v) is 7.05. The highest BCUT2D eigenvalue weighted by Crippen LogP contribution is 2.34. The maximum Gasteiger partial charge on any atom is 0.0253 e. The van der Waals surface area contributed by atoms with Crippen LogP contribution in [0.4, 0.5) is 0 Å². The van der Waals surface area contributed by atoms with Gasteiger partial charge in [-0.2, -0.15) is 0 Å². The summed E-state index contributed by atoms with van der Waals surface area (Å²) in [5.41, 5.74) is 0. The van der Waals surface area contributed by atoms with Gasteiger partial charge in [0, 0.05) is 4.32 Å². The third-order valence-electron chi connectivity index (χ3n) is 2.32. The molecule has 0 spiro atoms. The van der Waals surface area contributed by atoms with E-state index in [1.54, 1.807) is 0 Å². The zero-order chi connectivity index (χ0) is 10.5. The van der Waals surface area contributed by atoms with E-state index in [0.29, 0.717) is 6.42 Å². The van der Waals surface area contributed by atoms with Crippen LogP contribution in [0.5, 0.6) is 0 Å². The summed E-state index contributed by atoms with van der Waals surface area (Å²) in [6.07, 6.45) is 2.88. The van der Waals surface area contributed by atoms with Crippen LogP contribution in [0.2, 0.25) is 0 Å². The average molecular weight is 271 g/mol. The Hall–Kier alpha value is 0.630. The number of hydrogen-bond acceptors (Lipinski definition) is 3. The van der Waals surface area contributed by atoms with Crippen LogP contribution in [-0.4, -0.2) is 10.5 Å². The Balaban J connectivity index is 3.81. The highest BCUT2D eigenvalue weighted by molar-refractivity contribution is 9.10. The van der Waals surface area contributed by atoms with Crippen LogP contribution in [0, 0.1) is 0 Å². The second-order valence-electron chi connectivity index (χ2n) is 3.30. The van der Waals surface area contributed by atoms with Gasteiger partial charge in [-0.05, 0) is 31.8 Å². The lowest BCUT2D eigenvalue weighted by Gasteiger charge is -2.31. The Labute approximate surface area is 88.2 Å². The minimum absolute atomic E-state index is 0.0160. The highest BCUT2D eigenvalue weighted by Gasteiger charge is 2.20. The second-order valence-corrected chi connectivity index (χ2v) is 6.65. The quantitative estimate of drug-likeness (QED) is 0.545. The van der Waals surface area contributed by atoms with Crippen molar-refractivity contribution in [1.82, 2.24) is 0 Å². The van der Waals surface area contributed by atoms with Crippen molar-refractivity contribution in [3.05, 3.63) is 0 Å². The van der Waals surface area contributed by atoms with Gasteiger partial charge in [-0.3, -0.25) is 0 Å². The fourth-order valence-electron chi connectivity index (χ4n) is 1.19. The van der Waals surface area contributed by atoms with E-state index in [0.717, 1.165) is 19.3 Å². The van der Waals surface area contributed by atoms with Gasteiger partial charge in [0.2, 0.25) is 0 Å². The lowest BCUT2D eigenvalue weighted by molar-refractivity contribution is -0.313. The summed E-state index contributed by atoms with van der Waals surface area (Å²) in [4.78, 5) is 20.7. The number of halogens is 1. The molecule has 5 heteroatoms. The lowest BCUT2D eigenvalue weighted by Crippen LogP contribution is -2.21. The molecule has 0 unspecified atom stereocenters. The van der Waals surface area contributed by atoms with Crippen LogP contribution in [0.25, 0.3) is 0 Å². The largest absolute Gasteiger partial charge is 0.811 e. The van der Waals surface area contributed by atoms with Gasteiger partial charge in [0.15, 0.2) is 0 Å². The fourth-order valence-corrected chi connectivity index (χ4v) is 2.02. The number of rotatable bonds is 6. The SMILES string of the molecule is CCC(Br)(CC)CCCP(=O)([O-])[O-]. The van der Waals surface area contributed by atoms with E-state index in [1.165, 1.54) is 0 Å². The van der Waals surface area contributed by atoms with Gasteiger partial charge in [0.25, 0.3) is 0 Å². The van der Waals surface area contributed by atoms with Crippen LogP contribution < -0.4 is 9.79 Å². The summed E-state index contributed by atoms with van der Waals surface area (Å²) < 4.78 is 10.4. The van der Waals surface area contributed by atoms with Gasteiger partial charge in [-0.15, -0.1) is 0 Å². The first-order chi connectivity index (χ1) is 5.83. The normalized spacial score (nSPS) is 13.3. The predicted octanol–water partition coefficient (Wildman–Crippen LogP) is 1.63. The van der Waals surface area contributed by atoms with Crippen LogP contribution in [0.1, 0.15) is 39.5 Å². The Bertz CT molecular complexity index is 186. The Morgan fingerprint density at radius 1 is 1.31 bits per heavy atom. The zero-order valence-electron chi connectivity index (χ0n) is 8.09. The Morgan fingerprint density at radius 3 is 2.08 bits per heavy atom. The number of alkyl halides is 1. The highest BCUT2D eigenvalue weighted by atomic mass is 79.9. The summed E-state index contributed by atoms with van der Waals surface area (Å²) >= 11 is 3.56. The first kappa shape index (κ1) is 13.6. The molecular weight excluding hydrogens is 255 g/mol. The zero-order valence-corrected chi connectivity index (χ0v) is 10.6. The maximum atomic E-state index is 10.4. The minimum Gasteiger partial charge on any atom is -0.811 e. The van der Waals surface area contributed by atoms with Gasteiger partial charge < -0.3 is 14.4 Å². The van der Waals surface area contributed by atoms with Crippen LogP contribution in [-0.2, 0) is 4.57 Å². The molecule has 0 saturated carbocycles. The summed E-state index contributed by atoms with van der Waals surface area (Å²) in [5, 5.41) is 0. The standard InChI is InChI=1S/C8H18BrO3P/c1-3-8(9,4-2)6-5-7-13(10,11)12/h3-7H2,1-2H3,(H2,10,11,12)/p-2. The predicted molar refractivity (Wildman–Crippen MR) is 53.9 cm³/mol. The molecule has 0 radical (unpaired) electrons. The lowest BCUT2D eigenvalue weighted by atomic mass is 9.98. The van der Waals surface area contributed by atoms with Crippen molar-refractivity contribution < 1.29 is 14.4 Å². The molecule has 0 fully saturated rings. The smallest absolute Gasteiger partial charge is 0.0253 e. The van der Waals surface area contributed by atoms with Gasteiger partial charge in [-0.25, -0.2) is 0 Å². The molecule has 3 nitrogen and oxygen atoms in total. The molecule has 0 aromatic carbocycles. The molecule has 0 amide bonds. The second kappa shape index (κ2) is 5.50. The maximum absolute atomic E-state index is 10.4.